The van der Waals surface area contributed by atoms with Crippen LogP contribution in [0.25, 0.3) is 6.08 Å². The second kappa shape index (κ2) is 9.88. The van der Waals surface area contributed by atoms with Gasteiger partial charge in [0, 0.05) is 7.05 Å². The molecule has 3 rings (SSSR count). The summed E-state index contributed by atoms with van der Waals surface area (Å²) in [4.78, 5) is 27.0. The van der Waals surface area contributed by atoms with Crippen LogP contribution in [-0.4, -0.2) is 54.4 Å². The standard InChI is InChI=1S/C22H21ClN2O6S/c1-4-30-15-7-5-14(6-8-15)25-21(28)17(24(2)22(25)32)10-13-9-16(23)20(18(11-13)29-3)31-12-19(26)27/h5-11H,4,12H2,1-3H3,(H,26,27)/b17-10-. The highest BCUT2D eigenvalue weighted by Gasteiger charge is 2.36. The fourth-order valence-electron chi connectivity index (χ4n) is 3.10. The molecule has 1 N–H and O–H groups in total. The number of ether oxygens (including phenoxy) is 3. The minimum Gasteiger partial charge on any atom is -0.494 e. The van der Waals surface area contributed by atoms with E-state index in [1.165, 1.54) is 12.0 Å². The Morgan fingerprint density at radius 3 is 2.50 bits per heavy atom. The highest BCUT2D eigenvalue weighted by atomic mass is 35.5. The van der Waals surface area contributed by atoms with Crippen LogP contribution >= 0.6 is 23.8 Å². The number of thiocarbonyl (C=S) groups is 1. The minimum absolute atomic E-state index is 0.108. The highest BCUT2D eigenvalue weighted by Crippen LogP contribution is 2.38. The molecule has 2 aromatic carbocycles. The van der Waals surface area contributed by atoms with Gasteiger partial charge in [-0.25, -0.2) is 4.79 Å². The van der Waals surface area contributed by atoms with E-state index in [-0.39, 0.29) is 22.4 Å². The summed E-state index contributed by atoms with van der Waals surface area (Å²) in [5, 5.41) is 9.31. The van der Waals surface area contributed by atoms with Crippen molar-refractivity contribution in [3.63, 3.8) is 0 Å². The van der Waals surface area contributed by atoms with E-state index < -0.39 is 12.6 Å². The number of hydrogen-bond donors (Lipinski definition) is 1. The first-order valence-corrected chi connectivity index (χ1v) is 10.3. The van der Waals surface area contributed by atoms with Gasteiger partial charge in [0.05, 0.1) is 24.4 Å². The Hall–Kier alpha value is -3.30. The molecule has 0 unspecified atom stereocenters. The molecule has 0 saturated carbocycles. The van der Waals surface area contributed by atoms with E-state index in [1.54, 1.807) is 54.4 Å². The molecule has 32 heavy (non-hydrogen) atoms. The maximum Gasteiger partial charge on any atom is 0.341 e. The molecule has 0 aromatic heterocycles. The normalized spacial score (nSPS) is 14.8. The molecule has 1 saturated heterocycles. The predicted molar refractivity (Wildman–Crippen MR) is 125 cm³/mol. The third-order valence-electron chi connectivity index (χ3n) is 4.56. The lowest BCUT2D eigenvalue weighted by Gasteiger charge is -2.16. The number of methoxy groups -OCH3 is 1. The maximum absolute atomic E-state index is 13.2. The zero-order valence-corrected chi connectivity index (χ0v) is 19.2. The van der Waals surface area contributed by atoms with Crippen molar-refractivity contribution in [3.8, 4) is 17.2 Å². The number of nitrogens with zero attached hydrogens (tertiary/aromatic N) is 2. The van der Waals surface area contributed by atoms with Crippen molar-refractivity contribution in [2.45, 2.75) is 6.92 Å². The van der Waals surface area contributed by atoms with Crippen LogP contribution in [0, 0.1) is 0 Å². The Bertz CT molecular complexity index is 1090. The van der Waals surface area contributed by atoms with Crippen molar-refractivity contribution in [3.05, 3.63) is 52.7 Å². The van der Waals surface area contributed by atoms with Crippen molar-refractivity contribution in [2.24, 2.45) is 0 Å². The predicted octanol–water partition coefficient (Wildman–Crippen LogP) is 3.82. The lowest BCUT2D eigenvalue weighted by Crippen LogP contribution is -2.31. The Labute approximate surface area is 195 Å². The molecule has 1 fully saturated rings. The van der Waals surface area contributed by atoms with E-state index in [2.05, 4.69) is 0 Å². The van der Waals surface area contributed by atoms with Gasteiger partial charge in [-0.05, 0) is 67.2 Å². The van der Waals surface area contributed by atoms with Gasteiger partial charge < -0.3 is 24.2 Å². The molecule has 1 aliphatic heterocycles. The largest absolute Gasteiger partial charge is 0.494 e. The number of hydrogen-bond acceptors (Lipinski definition) is 6. The molecule has 8 nitrogen and oxygen atoms in total. The van der Waals surface area contributed by atoms with Gasteiger partial charge in [-0.3, -0.25) is 9.69 Å². The Morgan fingerprint density at radius 1 is 1.22 bits per heavy atom. The van der Waals surface area contributed by atoms with Crippen LogP contribution in [0.5, 0.6) is 17.2 Å². The molecule has 0 spiro atoms. The van der Waals surface area contributed by atoms with Crippen LogP contribution in [0.4, 0.5) is 5.69 Å². The van der Waals surface area contributed by atoms with Crippen molar-refractivity contribution in [1.82, 2.24) is 4.90 Å². The number of carbonyl (C=O) groups excluding carboxylic acids is 1. The van der Waals surface area contributed by atoms with Gasteiger partial charge >= 0.3 is 5.97 Å². The van der Waals surface area contributed by atoms with Crippen LogP contribution in [0.2, 0.25) is 5.02 Å². The molecule has 1 heterocycles. The topological polar surface area (TPSA) is 88.5 Å². The number of carbonyl (C=O) groups is 2. The smallest absolute Gasteiger partial charge is 0.341 e. The summed E-state index contributed by atoms with van der Waals surface area (Å²) in [6.45, 7) is 1.87. The molecule has 0 atom stereocenters. The van der Waals surface area contributed by atoms with Gasteiger partial charge in [-0.2, -0.15) is 0 Å². The van der Waals surface area contributed by atoms with E-state index in [4.69, 9.17) is 43.1 Å². The van der Waals surface area contributed by atoms with E-state index in [1.807, 2.05) is 6.92 Å². The first kappa shape index (κ1) is 23.4. The molecule has 1 amide bonds. The number of carboxylic acid groups (broad SMARTS) is 1. The summed E-state index contributed by atoms with van der Waals surface area (Å²) in [7, 11) is 3.11. The summed E-state index contributed by atoms with van der Waals surface area (Å²) >= 11 is 11.8. The molecule has 1 aliphatic rings. The second-order valence-corrected chi connectivity index (χ2v) is 7.43. The van der Waals surface area contributed by atoms with Crippen LogP contribution in [0.1, 0.15) is 12.5 Å². The minimum atomic E-state index is -1.14. The van der Waals surface area contributed by atoms with E-state index in [0.29, 0.717) is 34.4 Å². The Morgan fingerprint density at radius 2 is 1.91 bits per heavy atom. The van der Waals surface area contributed by atoms with Gasteiger partial charge in [0.2, 0.25) is 0 Å². The summed E-state index contributed by atoms with van der Waals surface area (Å²) < 4.78 is 15.9. The zero-order chi connectivity index (χ0) is 23.4. The van der Waals surface area contributed by atoms with Crippen molar-refractivity contribution < 1.29 is 28.9 Å². The maximum atomic E-state index is 13.2. The third-order valence-corrected chi connectivity index (χ3v) is 5.30. The average Bonchev–Trinajstić information content (AvgIpc) is 2.96. The monoisotopic (exact) mass is 476 g/mol. The SMILES string of the molecule is CCOc1ccc(N2C(=O)/C(=C/c3cc(Cl)c(OCC(=O)O)c(OC)c3)N(C)C2=S)cc1. The Balaban J connectivity index is 1.93. The second-order valence-electron chi connectivity index (χ2n) is 6.66. The highest BCUT2D eigenvalue weighted by molar-refractivity contribution is 7.80. The molecule has 0 radical (unpaired) electrons. The van der Waals surface area contributed by atoms with Gasteiger partial charge in [0.15, 0.2) is 23.2 Å². The molecule has 0 bridgehead atoms. The summed E-state index contributed by atoms with van der Waals surface area (Å²) in [5.41, 5.74) is 1.51. The average molecular weight is 477 g/mol. The van der Waals surface area contributed by atoms with E-state index >= 15 is 0 Å². The number of carboxylic acids is 1. The van der Waals surface area contributed by atoms with Gasteiger partial charge in [0.1, 0.15) is 11.4 Å². The first-order valence-electron chi connectivity index (χ1n) is 9.55. The number of amides is 1. The van der Waals surface area contributed by atoms with Gasteiger partial charge in [0.25, 0.3) is 5.91 Å². The van der Waals surface area contributed by atoms with Crippen LogP contribution in [0.3, 0.4) is 0 Å². The Kier molecular flexibility index (Phi) is 7.22. The summed E-state index contributed by atoms with van der Waals surface area (Å²) in [5.74, 6) is -0.399. The number of benzene rings is 2. The van der Waals surface area contributed by atoms with Crippen molar-refractivity contribution in [1.29, 1.82) is 0 Å². The number of halogens is 1. The van der Waals surface area contributed by atoms with Crippen LogP contribution in [0.15, 0.2) is 42.1 Å². The quantitative estimate of drug-likeness (QED) is 0.454. The van der Waals surface area contributed by atoms with E-state index in [0.717, 1.165) is 0 Å². The van der Waals surface area contributed by atoms with Crippen LogP contribution < -0.4 is 19.1 Å². The first-order chi connectivity index (χ1) is 15.3. The fourth-order valence-corrected chi connectivity index (χ4v) is 3.66. The van der Waals surface area contributed by atoms with Crippen molar-refractivity contribution >= 4 is 52.6 Å². The fraction of sp³-hybridized carbons (Fsp3) is 0.227. The molecular weight excluding hydrogens is 456 g/mol. The summed E-state index contributed by atoms with van der Waals surface area (Å²) in [6, 6.07) is 10.2. The van der Waals surface area contributed by atoms with Gasteiger partial charge in [-0.1, -0.05) is 11.6 Å². The number of rotatable bonds is 8. The third kappa shape index (κ3) is 4.79. The zero-order valence-electron chi connectivity index (χ0n) is 17.6. The molecule has 0 aliphatic carbocycles. The summed E-state index contributed by atoms with van der Waals surface area (Å²) in [6.07, 6.45) is 1.62. The number of likely N-dealkylation sites (N-methyl/N-ethyl adjacent to an activating group) is 1. The van der Waals surface area contributed by atoms with Gasteiger partial charge in [-0.15, -0.1) is 0 Å². The molecule has 168 valence electrons. The number of anilines is 1. The molecule has 2 aromatic rings. The van der Waals surface area contributed by atoms with Crippen LogP contribution in [-0.2, 0) is 9.59 Å². The van der Waals surface area contributed by atoms with Crippen molar-refractivity contribution in [2.75, 3.05) is 32.3 Å². The number of aliphatic carboxylic acids is 1. The molecular formula is C22H21ClN2O6S. The molecule has 10 heteroatoms. The lowest BCUT2D eigenvalue weighted by atomic mass is 10.1. The lowest BCUT2D eigenvalue weighted by molar-refractivity contribution is -0.139. The van der Waals surface area contributed by atoms with E-state index in [9.17, 15) is 9.59 Å².